The summed E-state index contributed by atoms with van der Waals surface area (Å²) in [7, 11) is 1.66. The van der Waals surface area contributed by atoms with E-state index < -0.39 is 0 Å². The Bertz CT molecular complexity index is 313. The van der Waals surface area contributed by atoms with Gasteiger partial charge in [0, 0.05) is 18.0 Å². The Balaban J connectivity index is 2.02. The smallest absolute Gasteiger partial charge is 0.237 e. The number of hydrogen-bond donors (Lipinski definition) is 1. The van der Waals surface area contributed by atoms with E-state index in [9.17, 15) is 0 Å². The number of rotatable bonds is 3. The zero-order chi connectivity index (χ0) is 10.5. The van der Waals surface area contributed by atoms with Crippen LogP contribution in [-0.2, 0) is 0 Å². The molecule has 0 bridgehead atoms. The van der Waals surface area contributed by atoms with Crippen molar-refractivity contribution >= 4 is 17.4 Å². The van der Waals surface area contributed by atoms with Gasteiger partial charge >= 0.3 is 0 Å². The van der Waals surface area contributed by atoms with Crippen molar-refractivity contribution in [2.24, 2.45) is 0 Å². The quantitative estimate of drug-likeness (QED) is 0.855. The van der Waals surface area contributed by atoms with Gasteiger partial charge in [0.25, 0.3) is 0 Å². The zero-order valence-electron chi connectivity index (χ0n) is 8.90. The number of nitrogens with one attached hydrogen (secondary N) is 1. The summed E-state index contributed by atoms with van der Waals surface area (Å²) < 4.78 is 5.21. The van der Waals surface area contributed by atoms with Gasteiger partial charge in [0.05, 0.1) is 12.8 Å². The molecule has 0 spiro atoms. The first kappa shape index (κ1) is 10.6. The molecule has 1 atom stereocenters. The minimum atomic E-state index is 0.557. The highest BCUT2D eigenvalue weighted by molar-refractivity contribution is 7.99. The Labute approximate surface area is 94.6 Å². The van der Waals surface area contributed by atoms with Crippen LogP contribution in [0.3, 0.4) is 0 Å². The summed E-state index contributed by atoms with van der Waals surface area (Å²) in [6.07, 6.45) is 4.29. The summed E-state index contributed by atoms with van der Waals surface area (Å²) in [5.74, 6) is 3.16. The molecule has 15 heavy (non-hydrogen) atoms. The molecule has 0 aliphatic carbocycles. The Hall–Kier alpha value is -0.900. The van der Waals surface area contributed by atoms with E-state index in [0.717, 1.165) is 5.69 Å². The average Bonchev–Trinajstić information content (AvgIpc) is 2.31. The number of hydrogen-bond acceptors (Lipinski definition) is 4. The van der Waals surface area contributed by atoms with Gasteiger partial charge in [-0.2, -0.15) is 11.8 Å². The van der Waals surface area contributed by atoms with Crippen molar-refractivity contribution in [2.45, 2.75) is 18.9 Å². The van der Waals surface area contributed by atoms with Crippen molar-refractivity contribution in [1.29, 1.82) is 0 Å². The monoisotopic (exact) mass is 224 g/mol. The standard InChI is InChI=1S/C11H16N2OS/c1-14-11-10(5-2-6-12-11)13-9-4-3-7-15-8-9/h2,5-6,9,13H,3-4,7-8H2,1H3/t9-/m1/s1. The van der Waals surface area contributed by atoms with Crippen LogP contribution in [0, 0.1) is 0 Å². The molecule has 1 aliphatic heterocycles. The van der Waals surface area contributed by atoms with Crippen LogP contribution in [-0.4, -0.2) is 29.6 Å². The minimum absolute atomic E-state index is 0.557. The lowest BCUT2D eigenvalue weighted by Crippen LogP contribution is -2.26. The highest BCUT2D eigenvalue weighted by Crippen LogP contribution is 2.25. The minimum Gasteiger partial charge on any atom is -0.480 e. The molecule has 0 aromatic carbocycles. The maximum Gasteiger partial charge on any atom is 0.237 e. The van der Waals surface area contributed by atoms with Crippen molar-refractivity contribution < 1.29 is 4.74 Å². The second kappa shape index (κ2) is 5.26. The lowest BCUT2D eigenvalue weighted by molar-refractivity contribution is 0.399. The van der Waals surface area contributed by atoms with Crippen LogP contribution in [0.1, 0.15) is 12.8 Å². The number of anilines is 1. The van der Waals surface area contributed by atoms with Crippen LogP contribution >= 0.6 is 11.8 Å². The molecule has 1 N–H and O–H groups in total. The van der Waals surface area contributed by atoms with E-state index in [0.29, 0.717) is 11.9 Å². The number of nitrogens with zero attached hydrogens (tertiary/aromatic N) is 1. The van der Waals surface area contributed by atoms with Crippen LogP contribution in [0.15, 0.2) is 18.3 Å². The van der Waals surface area contributed by atoms with E-state index in [1.807, 2.05) is 23.9 Å². The van der Waals surface area contributed by atoms with Gasteiger partial charge in [-0.25, -0.2) is 4.98 Å². The van der Waals surface area contributed by atoms with Gasteiger partial charge in [-0.1, -0.05) is 0 Å². The van der Waals surface area contributed by atoms with Gasteiger partial charge in [0.1, 0.15) is 0 Å². The molecule has 3 nitrogen and oxygen atoms in total. The predicted octanol–water partition coefficient (Wildman–Crippen LogP) is 2.40. The highest BCUT2D eigenvalue weighted by Gasteiger charge is 2.15. The second-order valence-corrected chi connectivity index (χ2v) is 4.77. The molecule has 1 aliphatic rings. The number of ether oxygens (including phenoxy) is 1. The van der Waals surface area contributed by atoms with Crippen LogP contribution in [0.4, 0.5) is 5.69 Å². The molecule has 1 aromatic heterocycles. The summed E-state index contributed by atoms with van der Waals surface area (Å²) >= 11 is 2.01. The summed E-state index contributed by atoms with van der Waals surface area (Å²) in [5.41, 5.74) is 1.01. The number of thioether (sulfide) groups is 1. The maximum absolute atomic E-state index is 5.21. The lowest BCUT2D eigenvalue weighted by Gasteiger charge is -2.23. The van der Waals surface area contributed by atoms with Crippen molar-refractivity contribution in [3.63, 3.8) is 0 Å². The molecule has 1 aromatic rings. The molecule has 1 saturated heterocycles. The van der Waals surface area contributed by atoms with Gasteiger partial charge in [-0.3, -0.25) is 0 Å². The topological polar surface area (TPSA) is 34.1 Å². The fourth-order valence-electron chi connectivity index (χ4n) is 1.74. The van der Waals surface area contributed by atoms with Crippen molar-refractivity contribution in [2.75, 3.05) is 23.9 Å². The third-order valence-corrected chi connectivity index (χ3v) is 3.70. The molecule has 0 amide bonds. The van der Waals surface area contributed by atoms with Crippen molar-refractivity contribution in [3.8, 4) is 5.88 Å². The molecule has 2 rings (SSSR count). The molecule has 82 valence electrons. The predicted molar refractivity (Wildman–Crippen MR) is 64.8 cm³/mol. The summed E-state index contributed by atoms with van der Waals surface area (Å²) in [6.45, 7) is 0. The molecule has 0 unspecified atom stereocenters. The fourth-order valence-corrected chi connectivity index (χ4v) is 2.81. The number of pyridine rings is 1. The highest BCUT2D eigenvalue weighted by atomic mass is 32.2. The first-order valence-corrected chi connectivity index (χ1v) is 6.39. The molecule has 0 saturated carbocycles. The SMILES string of the molecule is COc1ncccc1N[C@@H]1CCCSC1. The second-order valence-electron chi connectivity index (χ2n) is 3.62. The average molecular weight is 224 g/mol. The third-order valence-electron chi connectivity index (χ3n) is 2.48. The Morgan fingerprint density at radius 3 is 3.27 bits per heavy atom. The summed E-state index contributed by atoms with van der Waals surface area (Å²) in [5, 5.41) is 3.49. The molecular weight excluding hydrogens is 208 g/mol. The van der Waals surface area contributed by atoms with Gasteiger partial charge in [0.15, 0.2) is 0 Å². The normalized spacial score (nSPS) is 21.0. The maximum atomic E-state index is 5.21. The molecule has 1 fully saturated rings. The molecule has 4 heteroatoms. The first-order valence-electron chi connectivity index (χ1n) is 5.23. The zero-order valence-corrected chi connectivity index (χ0v) is 9.72. The van der Waals surface area contributed by atoms with Crippen LogP contribution < -0.4 is 10.1 Å². The van der Waals surface area contributed by atoms with Gasteiger partial charge < -0.3 is 10.1 Å². The summed E-state index contributed by atoms with van der Waals surface area (Å²) in [6, 6.07) is 4.51. The number of methoxy groups -OCH3 is 1. The van der Waals surface area contributed by atoms with E-state index >= 15 is 0 Å². The molecular formula is C11H16N2OS. The van der Waals surface area contributed by atoms with E-state index in [1.54, 1.807) is 13.3 Å². The Kier molecular flexibility index (Phi) is 3.72. The van der Waals surface area contributed by atoms with Crippen LogP contribution in [0.2, 0.25) is 0 Å². The van der Waals surface area contributed by atoms with Gasteiger partial charge in [0.2, 0.25) is 5.88 Å². The van der Waals surface area contributed by atoms with E-state index in [-0.39, 0.29) is 0 Å². The van der Waals surface area contributed by atoms with Gasteiger partial charge in [-0.15, -0.1) is 0 Å². The van der Waals surface area contributed by atoms with Gasteiger partial charge in [-0.05, 0) is 30.7 Å². The lowest BCUT2D eigenvalue weighted by atomic mass is 10.2. The van der Waals surface area contributed by atoms with Crippen LogP contribution in [0.25, 0.3) is 0 Å². The van der Waals surface area contributed by atoms with Crippen LogP contribution in [0.5, 0.6) is 5.88 Å². The molecule has 2 heterocycles. The fraction of sp³-hybridized carbons (Fsp3) is 0.545. The third kappa shape index (κ3) is 2.78. The van der Waals surface area contributed by atoms with E-state index in [4.69, 9.17) is 4.74 Å². The number of aromatic nitrogens is 1. The van der Waals surface area contributed by atoms with E-state index in [2.05, 4.69) is 10.3 Å². The molecule has 0 radical (unpaired) electrons. The Morgan fingerprint density at radius 1 is 1.60 bits per heavy atom. The largest absolute Gasteiger partial charge is 0.480 e. The first-order chi connectivity index (χ1) is 7.40. The van der Waals surface area contributed by atoms with E-state index in [1.165, 1.54) is 24.3 Å². The van der Waals surface area contributed by atoms with Crippen molar-refractivity contribution in [1.82, 2.24) is 4.98 Å². The summed E-state index contributed by atoms with van der Waals surface area (Å²) in [4.78, 5) is 4.17. The van der Waals surface area contributed by atoms with Crippen molar-refractivity contribution in [3.05, 3.63) is 18.3 Å². The Morgan fingerprint density at radius 2 is 2.53 bits per heavy atom.